The maximum atomic E-state index is 13.6. The van der Waals surface area contributed by atoms with Crippen molar-refractivity contribution in [2.45, 2.75) is 38.6 Å². The van der Waals surface area contributed by atoms with Crippen LogP contribution in [0.25, 0.3) is 0 Å². The zero-order valence-corrected chi connectivity index (χ0v) is 23.3. The summed E-state index contributed by atoms with van der Waals surface area (Å²) in [7, 11) is 0. The van der Waals surface area contributed by atoms with Crippen molar-refractivity contribution in [2.24, 2.45) is 5.92 Å². The van der Waals surface area contributed by atoms with Crippen molar-refractivity contribution in [3.63, 3.8) is 0 Å². The fourth-order valence-corrected chi connectivity index (χ4v) is 5.20. The van der Waals surface area contributed by atoms with Gasteiger partial charge >= 0.3 is 0 Å². The third kappa shape index (κ3) is 9.37. The zero-order chi connectivity index (χ0) is 26.8. The summed E-state index contributed by atoms with van der Waals surface area (Å²) in [6.07, 6.45) is 0.366. The Morgan fingerprint density at radius 3 is 2.32 bits per heavy atom. The molecule has 0 spiro atoms. The number of carbonyl (C=O) groups is 2. The highest BCUT2D eigenvalue weighted by Crippen LogP contribution is 2.25. The number of rotatable bonds is 12. The second kappa shape index (κ2) is 14.4. The van der Waals surface area contributed by atoms with Crippen LogP contribution in [0.3, 0.4) is 0 Å². The molecular weight excluding hydrogens is 530 g/mol. The lowest BCUT2D eigenvalue weighted by Gasteiger charge is -2.32. The molecule has 0 saturated carbocycles. The molecule has 0 aliphatic heterocycles. The van der Waals surface area contributed by atoms with Crippen LogP contribution in [-0.2, 0) is 28.3 Å². The van der Waals surface area contributed by atoms with Crippen LogP contribution in [0, 0.1) is 11.7 Å². The Morgan fingerprint density at radius 1 is 0.973 bits per heavy atom. The fraction of sp³-hybridized carbons (Fsp3) is 0.310. The largest absolute Gasteiger partial charge is 0.354 e. The fourth-order valence-electron chi connectivity index (χ4n) is 3.73. The van der Waals surface area contributed by atoms with Gasteiger partial charge in [0.05, 0.1) is 5.75 Å². The van der Waals surface area contributed by atoms with E-state index in [-0.39, 0.29) is 35.8 Å². The van der Waals surface area contributed by atoms with Crippen LogP contribution < -0.4 is 5.32 Å². The number of nitrogens with zero attached hydrogens (tertiary/aromatic N) is 1. The Bertz CT molecular complexity index is 1180. The predicted molar refractivity (Wildman–Crippen MR) is 151 cm³/mol. The van der Waals surface area contributed by atoms with E-state index in [2.05, 4.69) is 5.32 Å². The van der Waals surface area contributed by atoms with Crippen molar-refractivity contribution < 1.29 is 14.0 Å². The lowest BCUT2D eigenvalue weighted by molar-refractivity contribution is -0.139. The minimum Gasteiger partial charge on any atom is -0.354 e. The quantitative estimate of drug-likeness (QED) is 0.265. The first-order valence-corrected chi connectivity index (χ1v) is 14.0. The van der Waals surface area contributed by atoms with Crippen LogP contribution in [0.2, 0.25) is 10.0 Å². The standard InChI is InChI=1S/C29H31Cl2FN2O2S/c1-20(2)16-33-29(36)27(14-21-6-4-3-5-7-21)34(17-22-8-12-25(32)13-9-22)28(35)19-37-18-23-10-11-24(30)15-26(23)31/h3-13,15,20,27H,14,16-19H2,1-2H3,(H,33,36)/t27-/m0/s1. The molecule has 3 aromatic rings. The summed E-state index contributed by atoms with van der Waals surface area (Å²) in [6, 6.07) is 20.2. The van der Waals surface area contributed by atoms with E-state index in [0.29, 0.717) is 28.8 Å². The van der Waals surface area contributed by atoms with E-state index in [1.807, 2.05) is 50.2 Å². The second-order valence-electron chi connectivity index (χ2n) is 9.22. The molecule has 0 heterocycles. The molecule has 196 valence electrons. The third-order valence-electron chi connectivity index (χ3n) is 5.72. The summed E-state index contributed by atoms with van der Waals surface area (Å²) in [4.78, 5) is 28.6. The predicted octanol–water partition coefficient (Wildman–Crippen LogP) is 6.78. The van der Waals surface area contributed by atoms with Crippen molar-refractivity contribution in [3.8, 4) is 0 Å². The summed E-state index contributed by atoms with van der Waals surface area (Å²) in [5, 5.41) is 4.10. The molecule has 0 radical (unpaired) electrons. The van der Waals surface area contributed by atoms with Crippen molar-refractivity contribution in [1.82, 2.24) is 10.2 Å². The number of hydrogen-bond acceptors (Lipinski definition) is 3. The normalized spacial score (nSPS) is 11.8. The Balaban J connectivity index is 1.84. The number of carbonyl (C=O) groups excluding carboxylic acids is 2. The number of hydrogen-bond donors (Lipinski definition) is 1. The first-order chi connectivity index (χ1) is 17.7. The Kier molecular flexibility index (Phi) is 11.3. The molecule has 0 aliphatic carbocycles. The van der Waals surface area contributed by atoms with Gasteiger partial charge in [-0.1, -0.05) is 85.6 Å². The summed E-state index contributed by atoms with van der Waals surface area (Å²) in [6.45, 7) is 4.74. The topological polar surface area (TPSA) is 49.4 Å². The summed E-state index contributed by atoms with van der Waals surface area (Å²) in [5.41, 5.74) is 2.57. The van der Waals surface area contributed by atoms with Gasteiger partial charge in [-0.25, -0.2) is 4.39 Å². The molecule has 8 heteroatoms. The highest BCUT2D eigenvalue weighted by Gasteiger charge is 2.30. The van der Waals surface area contributed by atoms with Gasteiger partial charge in [0.15, 0.2) is 0 Å². The van der Waals surface area contributed by atoms with Gasteiger partial charge in [-0.2, -0.15) is 0 Å². The summed E-state index contributed by atoms with van der Waals surface area (Å²) in [5.74, 6) is 0.200. The molecule has 0 unspecified atom stereocenters. The van der Waals surface area contributed by atoms with E-state index >= 15 is 0 Å². The Hall–Kier alpha value is -2.54. The van der Waals surface area contributed by atoms with Crippen molar-refractivity contribution in [1.29, 1.82) is 0 Å². The average molecular weight is 562 g/mol. The van der Waals surface area contributed by atoms with Gasteiger partial charge in [0.2, 0.25) is 11.8 Å². The highest BCUT2D eigenvalue weighted by atomic mass is 35.5. The van der Waals surface area contributed by atoms with Crippen LogP contribution in [0.5, 0.6) is 0 Å². The molecule has 1 atom stereocenters. The van der Waals surface area contributed by atoms with Gasteiger partial charge in [-0.3, -0.25) is 9.59 Å². The first-order valence-electron chi connectivity index (χ1n) is 12.1. The summed E-state index contributed by atoms with van der Waals surface area (Å²) < 4.78 is 13.6. The molecule has 3 aromatic carbocycles. The number of thioether (sulfide) groups is 1. The minimum absolute atomic E-state index is 0.156. The molecule has 0 aliphatic rings. The lowest BCUT2D eigenvalue weighted by Crippen LogP contribution is -2.51. The molecule has 3 rings (SSSR count). The molecule has 2 amide bonds. The van der Waals surface area contributed by atoms with Crippen LogP contribution in [0.15, 0.2) is 72.8 Å². The zero-order valence-electron chi connectivity index (χ0n) is 20.9. The number of amides is 2. The smallest absolute Gasteiger partial charge is 0.243 e. The molecule has 0 saturated heterocycles. The number of benzene rings is 3. The monoisotopic (exact) mass is 560 g/mol. The van der Waals surface area contributed by atoms with Crippen LogP contribution in [0.4, 0.5) is 4.39 Å². The van der Waals surface area contributed by atoms with E-state index in [1.54, 1.807) is 29.2 Å². The molecule has 0 bridgehead atoms. The minimum atomic E-state index is -0.724. The molecule has 0 fully saturated rings. The average Bonchev–Trinajstić information content (AvgIpc) is 2.87. The van der Waals surface area contributed by atoms with E-state index in [0.717, 1.165) is 16.7 Å². The Morgan fingerprint density at radius 2 is 1.68 bits per heavy atom. The molecule has 37 heavy (non-hydrogen) atoms. The SMILES string of the molecule is CC(C)CNC(=O)[C@H](Cc1ccccc1)N(Cc1ccc(F)cc1)C(=O)CSCc1ccc(Cl)cc1Cl. The van der Waals surface area contributed by atoms with E-state index < -0.39 is 6.04 Å². The van der Waals surface area contributed by atoms with Gasteiger partial charge in [-0.05, 0) is 46.9 Å². The Labute approximate surface area is 232 Å². The molecular formula is C29H31Cl2FN2O2S. The van der Waals surface area contributed by atoms with Crippen LogP contribution in [-0.4, -0.2) is 35.1 Å². The van der Waals surface area contributed by atoms with Gasteiger partial charge < -0.3 is 10.2 Å². The lowest BCUT2D eigenvalue weighted by atomic mass is 10.0. The van der Waals surface area contributed by atoms with Gasteiger partial charge in [0.1, 0.15) is 11.9 Å². The highest BCUT2D eigenvalue weighted by molar-refractivity contribution is 7.99. The maximum Gasteiger partial charge on any atom is 0.243 e. The maximum absolute atomic E-state index is 13.6. The number of nitrogens with one attached hydrogen (secondary N) is 1. The van der Waals surface area contributed by atoms with E-state index in [9.17, 15) is 14.0 Å². The van der Waals surface area contributed by atoms with Crippen molar-refractivity contribution >= 4 is 46.8 Å². The van der Waals surface area contributed by atoms with Gasteiger partial charge in [0.25, 0.3) is 0 Å². The molecule has 1 N–H and O–H groups in total. The van der Waals surface area contributed by atoms with Crippen molar-refractivity contribution in [3.05, 3.63) is 105 Å². The van der Waals surface area contributed by atoms with E-state index in [1.165, 1.54) is 23.9 Å². The molecule has 4 nitrogen and oxygen atoms in total. The van der Waals surface area contributed by atoms with Crippen LogP contribution >= 0.6 is 35.0 Å². The van der Waals surface area contributed by atoms with Crippen LogP contribution in [0.1, 0.15) is 30.5 Å². The van der Waals surface area contributed by atoms with Gasteiger partial charge in [-0.15, -0.1) is 11.8 Å². The number of halogens is 3. The third-order valence-corrected chi connectivity index (χ3v) is 7.27. The van der Waals surface area contributed by atoms with E-state index in [4.69, 9.17) is 23.2 Å². The first kappa shape index (κ1) is 29.0. The molecule has 0 aromatic heterocycles. The van der Waals surface area contributed by atoms with Crippen molar-refractivity contribution in [2.75, 3.05) is 12.3 Å². The summed E-state index contributed by atoms with van der Waals surface area (Å²) >= 11 is 13.7. The van der Waals surface area contributed by atoms with Gasteiger partial charge in [0, 0.05) is 35.3 Å². The second-order valence-corrected chi connectivity index (χ2v) is 11.1.